The Morgan fingerprint density at radius 1 is 1.28 bits per heavy atom. The quantitative estimate of drug-likeness (QED) is 0.844. The number of rotatable bonds is 4. The van der Waals surface area contributed by atoms with Crippen molar-refractivity contribution in [1.29, 1.82) is 0 Å². The van der Waals surface area contributed by atoms with Crippen LogP contribution in [-0.2, 0) is 6.42 Å². The van der Waals surface area contributed by atoms with Crippen LogP contribution in [0.2, 0.25) is 0 Å². The third-order valence-electron chi connectivity index (χ3n) is 2.40. The van der Waals surface area contributed by atoms with Crippen molar-refractivity contribution in [2.45, 2.75) is 19.8 Å². The fourth-order valence-electron chi connectivity index (χ4n) is 1.52. The predicted molar refractivity (Wildman–Crippen MR) is 66.9 cm³/mol. The molecule has 0 atom stereocenters. The average molecular weight is 247 g/mol. The van der Waals surface area contributed by atoms with Crippen molar-refractivity contribution >= 4 is 5.69 Å². The summed E-state index contributed by atoms with van der Waals surface area (Å²) in [5.41, 5.74) is 6.39. The molecule has 4 nitrogen and oxygen atoms in total. The third-order valence-corrected chi connectivity index (χ3v) is 2.40. The Hall–Kier alpha value is -2.17. The molecule has 0 bridgehead atoms. The van der Waals surface area contributed by atoms with E-state index in [1.807, 2.05) is 0 Å². The summed E-state index contributed by atoms with van der Waals surface area (Å²) in [5, 5.41) is 0. The van der Waals surface area contributed by atoms with Gasteiger partial charge in [0.05, 0.1) is 5.69 Å². The molecule has 0 amide bonds. The molecule has 1 aromatic carbocycles. The summed E-state index contributed by atoms with van der Waals surface area (Å²) >= 11 is 0. The lowest BCUT2D eigenvalue weighted by Gasteiger charge is -2.06. The fourth-order valence-corrected chi connectivity index (χ4v) is 1.52. The van der Waals surface area contributed by atoms with Gasteiger partial charge in [-0.2, -0.15) is 0 Å². The van der Waals surface area contributed by atoms with E-state index in [9.17, 15) is 4.39 Å². The first-order chi connectivity index (χ1) is 8.69. The topological polar surface area (TPSA) is 61.0 Å². The van der Waals surface area contributed by atoms with Gasteiger partial charge in [-0.25, -0.2) is 14.4 Å². The Balaban J connectivity index is 2.17. The smallest absolute Gasteiger partial charge is 0.222 e. The first kappa shape index (κ1) is 12.3. The molecule has 94 valence electrons. The Labute approximate surface area is 105 Å². The van der Waals surface area contributed by atoms with Crippen molar-refractivity contribution in [2.24, 2.45) is 0 Å². The van der Waals surface area contributed by atoms with Crippen LogP contribution in [0.15, 0.2) is 30.6 Å². The van der Waals surface area contributed by atoms with Crippen LogP contribution >= 0.6 is 0 Å². The van der Waals surface area contributed by atoms with Gasteiger partial charge in [-0.05, 0) is 18.6 Å². The lowest BCUT2D eigenvalue weighted by Crippen LogP contribution is -1.95. The number of hydrogen-bond donors (Lipinski definition) is 1. The Morgan fingerprint density at radius 3 is 2.83 bits per heavy atom. The van der Waals surface area contributed by atoms with Gasteiger partial charge in [0.25, 0.3) is 0 Å². The maximum atomic E-state index is 13.2. The van der Waals surface area contributed by atoms with Crippen LogP contribution in [0.4, 0.5) is 10.1 Å². The maximum absolute atomic E-state index is 13.2. The van der Waals surface area contributed by atoms with E-state index >= 15 is 0 Å². The zero-order valence-electron chi connectivity index (χ0n) is 10.1. The average Bonchev–Trinajstić information content (AvgIpc) is 2.35. The first-order valence-corrected chi connectivity index (χ1v) is 5.73. The summed E-state index contributed by atoms with van der Waals surface area (Å²) in [4.78, 5) is 8.10. The normalized spacial score (nSPS) is 10.3. The summed E-state index contributed by atoms with van der Waals surface area (Å²) in [5.74, 6) is 0.260. The molecule has 0 saturated heterocycles. The van der Waals surface area contributed by atoms with Crippen LogP contribution in [0.1, 0.15) is 19.0 Å². The second-order valence-electron chi connectivity index (χ2n) is 3.88. The minimum atomic E-state index is -0.504. The molecule has 1 heterocycles. The second kappa shape index (κ2) is 5.44. The number of nitrogens with zero attached hydrogens (tertiary/aromatic N) is 2. The van der Waals surface area contributed by atoms with Gasteiger partial charge < -0.3 is 10.5 Å². The molecule has 0 aliphatic heterocycles. The van der Waals surface area contributed by atoms with Crippen molar-refractivity contribution in [1.82, 2.24) is 9.97 Å². The largest absolute Gasteiger partial charge is 0.439 e. The highest BCUT2D eigenvalue weighted by Crippen LogP contribution is 2.23. The molecule has 5 heteroatoms. The lowest BCUT2D eigenvalue weighted by atomic mass is 10.2. The summed E-state index contributed by atoms with van der Waals surface area (Å²) < 4.78 is 18.7. The highest BCUT2D eigenvalue weighted by molar-refractivity contribution is 5.44. The molecule has 18 heavy (non-hydrogen) atoms. The van der Waals surface area contributed by atoms with E-state index in [0.717, 1.165) is 18.5 Å². The second-order valence-corrected chi connectivity index (χ2v) is 3.88. The van der Waals surface area contributed by atoms with Crippen LogP contribution in [0.3, 0.4) is 0 Å². The van der Waals surface area contributed by atoms with Gasteiger partial charge in [-0.15, -0.1) is 0 Å². The fraction of sp³-hybridized carbons (Fsp3) is 0.231. The molecule has 2 N–H and O–H groups in total. The van der Waals surface area contributed by atoms with Crippen molar-refractivity contribution in [2.75, 3.05) is 5.73 Å². The molecular formula is C13H14FN3O. The van der Waals surface area contributed by atoms with Crippen molar-refractivity contribution in [3.05, 3.63) is 42.1 Å². The van der Waals surface area contributed by atoms with Crippen LogP contribution in [0, 0.1) is 5.82 Å². The van der Waals surface area contributed by atoms with E-state index < -0.39 is 5.82 Å². The minimum Gasteiger partial charge on any atom is -0.439 e. The number of aryl methyl sites for hydroxylation is 1. The van der Waals surface area contributed by atoms with E-state index in [4.69, 9.17) is 10.5 Å². The molecule has 0 fully saturated rings. The van der Waals surface area contributed by atoms with Crippen LogP contribution in [0.25, 0.3) is 0 Å². The maximum Gasteiger partial charge on any atom is 0.222 e. The SMILES string of the molecule is CCCc1cc(Oc2ccc(N)c(F)c2)ncn1. The lowest BCUT2D eigenvalue weighted by molar-refractivity contribution is 0.456. The van der Waals surface area contributed by atoms with E-state index in [1.54, 1.807) is 12.1 Å². The molecule has 0 radical (unpaired) electrons. The molecule has 0 aliphatic rings. The van der Waals surface area contributed by atoms with Gasteiger partial charge in [-0.1, -0.05) is 13.3 Å². The summed E-state index contributed by atoms with van der Waals surface area (Å²) in [6.45, 7) is 2.07. The van der Waals surface area contributed by atoms with Gasteiger partial charge in [-0.3, -0.25) is 0 Å². The first-order valence-electron chi connectivity index (χ1n) is 5.73. The molecule has 1 aromatic heterocycles. The van der Waals surface area contributed by atoms with Gasteiger partial charge in [0.2, 0.25) is 5.88 Å². The number of nitrogen functional groups attached to an aromatic ring is 1. The number of ether oxygens (including phenoxy) is 1. The standard InChI is InChI=1S/C13H14FN3O/c1-2-3-9-6-13(17-8-16-9)18-10-4-5-12(15)11(14)7-10/h4-8H,2-3,15H2,1H3. The zero-order chi connectivity index (χ0) is 13.0. The number of halogens is 1. The van der Waals surface area contributed by atoms with E-state index in [-0.39, 0.29) is 5.69 Å². The minimum absolute atomic E-state index is 0.0942. The molecule has 0 spiro atoms. The highest BCUT2D eigenvalue weighted by atomic mass is 19.1. The number of hydrogen-bond acceptors (Lipinski definition) is 4. The molecular weight excluding hydrogens is 233 g/mol. The van der Waals surface area contributed by atoms with Crippen LogP contribution < -0.4 is 10.5 Å². The molecule has 2 aromatic rings. The summed E-state index contributed by atoms with van der Waals surface area (Å²) in [7, 11) is 0. The van der Waals surface area contributed by atoms with Gasteiger partial charge in [0.1, 0.15) is 17.9 Å². The number of aromatic nitrogens is 2. The molecule has 0 aliphatic carbocycles. The number of benzene rings is 1. The molecule has 0 unspecified atom stereocenters. The van der Waals surface area contributed by atoms with Crippen LogP contribution in [-0.4, -0.2) is 9.97 Å². The highest BCUT2D eigenvalue weighted by Gasteiger charge is 2.04. The Kier molecular flexibility index (Phi) is 3.72. The van der Waals surface area contributed by atoms with Crippen molar-refractivity contribution < 1.29 is 9.13 Å². The van der Waals surface area contributed by atoms with Crippen molar-refractivity contribution in [3.8, 4) is 11.6 Å². The molecule has 0 saturated carbocycles. The summed E-state index contributed by atoms with van der Waals surface area (Å²) in [6.07, 6.45) is 3.29. The zero-order valence-corrected chi connectivity index (χ0v) is 10.1. The number of nitrogens with two attached hydrogens (primary N) is 1. The Bertz CT molecular complexity index is 546. The van der Waals surface area contributed by atoms with Gasteiger partial charge in [0.15, 0.2) is 0 Å². The third kappa shape index (κ3) is 2.94. The Morgan fingerprint density at radius 2 is 2.11 bits per heavy atom. The van der Waals surface area contributed by atoms with Gasteiger partial charge in [0, 0.05) is 17.8 Å². The monoisotopic (exact) mass is 247 g/mol. The van der Waals surface area contributed by atoms with Crippen LogP contribution in [0.5, 0.6) is 11.6 Å². The van der Waals surface area contributed by atoms with Gasteiger partial charge >= 0.3 is 0 Å². The van der Waals surface area contributed by atoms with Crippen molar-refractivity contribution in [3.63, 3.8) is 0 Å². The predicted octanol–water partition coefficient (Wildman–Crippen LogP) is 2.94. The number of anilines is 1. The van der Waals surface area contributed by atoms with E-state index in [0.29, 0.717) is 11.6 Å². The van der Waals surface area contributed by atoms with E-state index in [2.05, 4.69) is 16.9 Å². The van der Waals surface area contributed by atoms with E-state index in [1.165, 1.54) is 18.5 Å². The summed E-state index contributed by atoms with van der Waals surface area (Å²) in [6, 6.07) is 6.04. The molecule has 2 rings (SSSR count).